The highest BCUT2D eigenvalue weighted by Gasteiger charge is 2.22. The van der Waals surface area contributed by atoms with E-state index in [0.717, 1.165) is 11.6 Å². The van der Waals surface area contributed by atoms with Gasteiger partial charge in [0.05, 0.1) is 12.1 Å². The van der Waals surface area contributed by atoms with Gasteiger partial charge < -0.3 is 20.0 Å². The Balaban J connectivity index is 1.99. The minimum Gasteiger partial charge on any atom is -0.508 e. The van der Waals surface area contributed by atoms with E-state index >= 15 is 0 Å². The molecule has 3 aromatic carbocycles. The number of carbonyl (C=O) groups excluding carboxylic acids is 2. The number of phenolic OH excluding ortho intramolecular Hbond substituents is 2. The molecule has 3 aromatic rings. The molecule has 0 spiro atoms. The number of anilines is 1. The Bertz CT molecular complexity index is 1060. The number of carbonyl (C=O) groups is 2. The van der Waals surface area contributed by atoms with Crippen molar-refractivity contribution in [1.82, 2.24) is 4.90 Å². The van der Waals surface area contributed by atoms with Gasteiger partial charge in [-0.15, -0.1) is 0 Å². The fourth-order valence-electron chi connectivity index (χ4n) is 2.94. The van der Waals surface area contributed by atoms with E-state index in [1.54, 1.807) is 50.5 Å². The quantitative estimate of drug-likeness (QED) is 0.639. The molecule has 6 nitrogen and oxygen atoms in total. The van der Waals surface area contributed by atoms with E-state index < -0.39 is 5.91 Å². The molecule has 30 heavy (non-hydrogen) atoms. The Morgan fingerprint density at radius 1 is 0.867 bits per heavy atom. The predicted octanol–water partition coefficient (Wildman–Crippen LogP) is 4.30. The summed E-state index contributed by atoms with van der Waals surface area (Å²) < 4.78 is 0. The Morgan fingerprint density at radius 3 is 2.07 bits per heavy atom. The number of halogens is 1. The van der Waals surface area contributed by atoms with Gasteiger partial charge in [0.25, 0.3) is 11.8 Å². The predicted molar refractivity (Wildman–Crippen MR) is 116 cm³/mol. The summed E-state index contributed by atoms with van der Waals surface area (Å²) in [5.41, 5.74) is 1.93. The van der Waals surface area contributed by atoms with Gasteiger partial charge in [0.1, 0.15) is 11.5 Å². The summed E-state index contributed by atoms with van der Waals surface area (Å²) in [6.45, 7) is 0.220. The molecule has 0 saturated heterocycles. The maximum absolute atomic E-state index is 13.3. The topological polar surface area (TPSA) is 81.1 Å². The van der Waals surface area contributed by atoms with Crippen molar-refractivity contribution in [3.05, 3.63) is 88.4 Å². The number of hydrogen-bond acceptors (Lipinski definition) is 4. The summed E-state index contributed by atoms with van der Waals surface area (Å²) in [7, 11) is 3.33. The summed E-state index contributed by atoms with van der Waals surface area (Å²) in [5.74, 6) is -1.05. The maximum atomic E-state index is 13.3. The van der Waals surface area contributed by atoms with E-state index in [1.807, 2.05) is 12.1 Å². The molecule has 0 heterocycles. The minimum atomic E-state index is -0.450. The Labute approximate surface area is 179 Å². The van der Waals surface area contributed by atoms with Crippen LogP contribution in [0.3, 0.4) is 0 Å². The van der Waals surface area contributed by atoms with E-state index in [4.69, 9.17) is 11.6 Å². The zero-order valence-corrected chi connectivity index (χ0v) is 17.3. The van der Waals surface area contributed by atoms with Gasteiger partial charge in [0, 0.05) is 36.4 Å². The van der Waals surface area contributed by atoms with Gasteiger partial charge in [-0.1, -0.05) is 23.7 Å². The lowest BCUT2D eigenvalue weighted by Gasteiger charge is -2.24. The molecule has 0 saturated carbocycles. The Kier molecular flexibility index (Phi) is 6.28. The van der Waals surface area contributed by atoms with Crippen LogP contribution >= 0.6 is 11.6 Å². The van der Waals surface area contributed by atoms with Crippen LogP contribution < -0.4 is 4.90 Å². The summed E-state index contributed by atoms with van der Waals surface area (Å²) in [6.07, 6.45) is 0. The van der Waals surface area contributed by atoms with Crippen LogP contribution in [0, 0.1) is 0 Å². The highest BCUT2D eigenvalue weighted by atomic mass is 35.5. The van der Waals surface area contributed by atoms with Gasteiger partial charge in [-0.2, -0.15) is 0 Å². The first kappa shape index (κ1) is 21.2. The highest BCUT2D eigenvalue weighted by molar-refractivity contribution is 6.30. The maximum Gasteiger partial charge on any atom is 0.262 e. The number of amides is 2. The first-order valence-corrected chi connectivity index (χ1v) is 9.54. The van der Waals surface area contributed by atoms with Crippen LogP contribution in [0.1, 0.15) is 26.3 Å². The molecule has 0 aromatic heterocycles. The number of hydrogen-bond donors (Lipinski definition) is 2. The smallest absolute Gasteiger partial charge is 0.262 e. The normalized spacial score (nSPS) is 10.5. The molecule has 7 heteroatoms. The molecular weight excluding hydrogens is 404 g/mol. The first-order chi connectivity index (χ1) is 14.3. The van der Waals surface area contributed by atoms with Gasteiger partial charge >= 0.3 is 0 Å². The standard InChI is InChI=1S/C23H21ClN2O4/c1-25(2)22(29)16-5-9-18(10-6-16)26(14-15-3-7-17(24)8-4-15)23(30)20-12-11-19(27)13-21(20)28/h3-13,27-28H,14H2,1-2H3. The number of rotatable bonds is 5. The molecule has 154 valence electrons. The van der Waals surface area contributed by atoms with E-state index in [1.165, 1.54) is 21.9 Å². The van der Waals surface area contributed by atoms with Crippen LogP contribution in [0.15, 0.2) is 66.7 Å². The molecule has 2 amide bonds. The second-order valence-electron chi connectivity index (χ2n) is 6.97. The van der Waals surface area contributed by atoms with Crippen molar-refractivity contribution in [1.29, 1.82) is 0 Å². The number of aromatic hydroxyl groups is 2. The molecule has 0 fully saturated rings. The van der Waals surface area contributed by atoms with Crippen LogP contribution in [0.25, 0.3) is 0 Å². The average molecular weight is 425 g/mol. The largest absolute Gasteiger partial charge is 0.508 e. The lowest BCUT2D eigenvalue weighted by molar-refractivity contribution is 0.0827. The van der Waals surface area contributed by atoms with E-state index in [-0.39, 0.29) is 29.5 Å². The van der Waals surface area contributed by atoms with E-state index in [0.29, 0.717) is 16.3 Å². The fourth-order valence-corrected chi connectivity index (χ4v) is 3.07. The van der Waals surface area contributed by atoms with Crippen molar-refractivity contribution in [2.75, 3.05) is 19.0 Å². The van der Waals surface area contributed by atoms with Crippen LogP contribution in [0.2, 0.25) is 5.02 Å². The van der Waals surface area contributed by atoms with Gasteiger partial charge in [-0.05, 0) is 54.1 Å². The third kappa shape index (κ3) is 4.72. The summed E-state index contributed by atoms with van der Waals surface area (Å²) >= 11 is 5.96. The SMILES string of the molecule is CN(C)C(=O)c1ccc(N(Cc2ccc(Cl)cc2)C(=O)c2ccc(O)cc2O)cc1. The van der Waals surface area contributed by atoms with Crippen LogP contribution in [-0.4, -0.2) is 41.0 Å². The number of benzene rings is 3. The monoisotopic (exact) mass is 424 g/mol. The lowest BCUT2D eigenvalue weighted by atomic mass is 10.1. The lowest BCUT2D eigenvalue weighted by Crippen LogP contribution is -2.30. The molecule has 0 aliphatic carbocycles. The fraction of sp³-hybridized carbons (Fsp3) is 0.130. The number of phenols is 2. The second-order valence-corrected chi connectivity index (χ2v) is 7.40. The third-order valence-corrected chi connectivity index (χ3v) is 4.79. The minimum absolute atomic E-state index is 0.0511. The average Bonchev–Trinajstić information content (AvgIpc) is 2.72. The zero-order valence-electron chi connectivity index (χ0n) is 16.5. The number of nitrogens with zero attached hydrogens (tertiary/aromatic N) is 2. The van der Waals surface area contributed by atoms with Crippen molar-refractivity contribution < 1.29 is 19.8 Å². The molecule has 0 aliphatic rings. The molecule has 0 bridgehead atoms. The van der Waals surface area contributed by atoms with Crippen molar-refractivity contribution in [3.8, 4) is 11.5 Å². The molecule has 0 atom stereocenters. The van der Waals surface area contributed by atoms with Gasteiger partial charge in [-0.3, -0.25) is 9.59 Å². The highest BCUT2D eigenvalue weighted by Crippen LogP contribution is 2.28. The molecule has 0 unspecified atom stereocenters. The van der Waals surface area contributed by atoms with Crippen molar-refractivity contribution in [2.24, 2.45) is 0 Å². The van der Waals surface area contributed by atoms with E-state index in [9.17, 15) is 19.8 Å². The van der Waals surface area contributed by atoms with Gasteiger partial charge in [0.2, 0.25) is 0 Å². The molecule has 2 N–H and O–H groups in total. The van der Waals surface area contributed by atoms with Crippen LogP contribution in [0.5, 0.6) is 11.5 Å². The van der Waals surface area contributed by atoms with Crippen LogP contribution in [0.4, 0.5) is 5.69 Å². The molecular formula is C23H21ClN2O4. The summed E-state index contributed by atoms with van der Waals surface area (Å²) in [6, 6.07) is 17.6. The molecule has 3 rings (SSSR count). The van der Waals surface area contributed by atoms with Crippen molar-refractivity contribution >= 4 is 29.1 Å². The first-order valence-electron chi connectivity index (χ1n) is 9.16. The Morgan fingerprint density at radius 2 is 1.50 bits per heavy atom. The van der Waals surface area contributed by atoms with E-state index in [2.05, 4.69) is 0 Å². The van der Waals surface area contributed by atoms with Gasteiger partial charge in [-0.25, -0.2) is 0 Å². The van der Waals surface area contributed by atoms with Crippen molar-refractivity contribution in [3.63, 3.8) is 0 Å². The molecule has 0 aliphatic heterocycles. The van der Waals surface area contributed by atoms with Crippen molar-refractivity contribution in [2.45, 2.75) is 6.54 Å². The van der Waals surface area contributed by atoms with Crippen LogP contribution in [-0.2, 0) is 6.54 Å². The summed E-state index contributed by atoms with van der Waals surface area (Å²) in [4.78, 5) is 28.4. The Hall–Kier alpha value is -3.51. The van der Waals surface area contributed by atoms with Gasteiger partial charge in [0.15, 0.2) is 0 Å². The third-order valence-electron chi connectivity index (χ3n) is 4.54. The molecule has 0 radical (unpaired) electrons. The summed E-state index contributed by atoms with van der Waals surface area (Å²) in [5, 5.41) is 20.3. The second kappa shape index (κ2) is 8.88. The zero-order chi connectivity index (χ0) is 21.8.